The lowest BCUT2D eigenvalue weighted by Crippen LogP contribution is -2.34. The summed E-state index contributed by atoms with van der Waals surface area (Å²) in [6, 6.07) is 17.8. The number of imidazole rings is 1. The van der Waals surface area contributed by atoms with E-state index in [1.807, 2.05) is 54.6 Å². The molecular weight excluding hydrogens is 346 g/mol. The van der Waals surface area contributed by atoms with Gasteiger partial charge in [-0.3, -0.25) is 4.79 Å². The Morgan fingerprint density at radius 2 is 1.88 bits per heavy atom. The number of fused-ring (bicyclic) bond motifs is 1. The molecule has 0 aliphatic heterocycles. The van der Waals surface area contributed by atoms with Crippen molar-refractivity contribution >= 4 is 28.7 Å². The highest BCUT2D eigenvalue weighted by Crippen LogP contribution is 2.24. The maximum Gasteiger partial charge on any atom is 0.233 e. The van der Waals surface area contributed by atoms with Gasteiger partial charge in [0.2, 0.25) is 5.91 Å². The number of carbonyl (C=O) groups is 1. The van der Waals surface area contributed by atoms with E-state index in [0.29, 0.717) is 18.8 Å². The average Bonchev–Trinajstić information content (AvgIpc) is 3.04. The molecule has 136 valence electrons. The third-order valence-corrected chi connectivity index (χ3v) is 5.16. The first-order valence-corrected chi connectivity index (χ1v) is 9.72. The molecule has 0 aliphatic carbocycles. The third kappa shape index (κ3) is 4.26. The number of aliphatic hydroxyl groups excluding tert-OH is 1. The summed E-state index contributed by atoms with van der Waals surface area (Å²) < 4.78 is 2.13. The van der Waals surface area contributed by atoms with Crippen LogP contribution < -0.4 is 0 Å². The maximum absolute atomic E-state index is 12.7. The Morgan fingerprint density at radius 1 is 1.15 bits per heavy atom. The first kappa shape index (κ1) is 18.5. The molecule has 0 radical (unpaired) electrons. The van der Waals surface area contributed by atoms with Crippen molar-refractivity contribution in [3.8, 4) is 0 Å². The second-order valence-corrected chi connectivity index (χ2v) is 6.88. The minimum absolute atomic E-state index is 0.00242. The Labute approximate surface area is 157 Å². The standard InChI is InChI=1S/C20H23N3O2S/c1-2-23-18-11-7-6-10-17(18)21-20(23)26-15-19(25)22(12-13-24)14-16-8-4-3-5-9-16/h3-11,24H,2,12-15H2,1H3. The molecule has 0 saturated heterocycles. The molecule has 2 aromatic carbocycles. The molecule has 0 saturated carbocycles. The van der Waals surface area contributed by atoms with Crippen LogP contribution in [0.4, 0.5) is 0 Å². The van der Waals surface area contributed by atoms with Gasteiger partial charge >= 0.3 is 0 Å². The van der Waals surface area contributed by atoms with Gasteiger partial charge in [-0.15, -0.1) is 0 Å². The zero-order valence-electron chi connectivity index (χ0n) is 14.8. The Hall–Kier alpha value is -2.31. The number of rotatable bonds is 8. The normalized spacial score (nSPS) is 11.0. The third-order valence-electron chi connectivity index (χ3n) is 4.20. The molecule has 1 heterocycles. The van der Waals surface area contributed by atoms with Gasteiger partial charge in [0.15, 0.2) is 5.16 Å². The lowest BCUT2D eigenvalue weighted by atomic mass is 10.2. The fraction of sp³-hybridized carbons (Fsp3) is 0.300. The van der Waals surface area contributed by atoms with Crippen LogP contribution >= 0.6 is 11.8 Å². The van der Waals surface area contributed by atoms with E-state index < -0.39 is 0 Å². The van der Waals surface area contributed by atoms with Gasteiger partial charge in [-0.1, -0.05) is 54.2 Å². The molecule has 1 amide bonds. The van der Waals surface area contributed by atoms with Crippen LogP contribution in [0, 0.1) is 0 Å². The number of hydrogen-bond acceptors (Lipinski definition) is 4. The number of aromatic nitrogens is 2. The van der Waals surface area contributed by atoms with E-state index in [4.69, 9.17) is 0 Å². The van der Waals surface area contributed by atoms with Crippen LogP contribution in [0.3, 0.4) is 0 Å². The molecular formula is C20H23N3O2S. The Balaban J connectivity index is 1.70. The zero-order chi connectivity index (χ0) is 18.4. The molecule has 26 heavy (non-hydrogen) atoms. The van der Waals surface area contributed by atoms with Gasteiger partial charge in [-0.25, -0.2) is 4.98 Å². The highest BCUT2D eigenvalue weighted by Gasteiger charge is 2.16. The molecule has 5 nitrogen and oxygen atoms in total. The number of para-hydroxylation sites is 2. The minimum Gasteiger partial charge on any atom is -0.395 e. The summed E-state index contributed by atoms with van der Waals surface area (Å²) in [5.74, 6) is 0.304. The van der Waals surface area contributed by atoms with Crippen LogP contribution in [0.2, 0.25) is 0 Å². The number of hydrogen-bond donors (Lipinski definition) is 1. The lowest BCUT2D eigenvalue weighted by Gasteiger charge is -2.21. The summed E-state index contributed by atoms with van der Waals surface area (Å²) in [6.45, 7) is 3.68. The summed E-state index contributed by atoms with van der Waals surface area (Å²) in [5.41, 5.74) is 3.09. The predicted octanol–water partition coefficient (Wildman–Crippen LogP) is 3.17. The fourth-order valence-corrected chi connectivity index (χ4v) is 3.88. The van der Waals surface area contributed by atoms with Gasteiger partial charge in [0.05, 0.1) is 23.4 Å². The molecule has 0 fully saturated rings. The number of aliphatic hydroxyl groups is 1. The van der Waals surface area contributed by atoms with Gasteiger partial charge in [-0.2, -0.15) is 0 Å². The number of aryl methyl sites for hydroxylation is 1. The van der Waals surface area contributed by atoms with Gasteiger partial charge in [0, 0.05) is 19.6 Å². The van der Waals surface area contributed by atoms with Crippen molar-refractivity contribution in [2.24, 2.45) is 0 Å². The smallest absolute Gasteiger partial charge is 0.233 e. The largest absolute Gasteiger partial charge is 0.395 e. The van der Waals surface area contributed by atoms with Crippen molar-refractivity contribution in [3.63, 3.8) is 0 Å². The highest BCUT2D eigenvalue weighted by molar-refractivity contribution is 7.99. The van der Waals surface area contributed by atoms with E-state index in [0.717, 1.165) is 28.3 Å². The van der Waals surface area contributed by atoms with Gasteiger partial charge < -0.3 is 14.6 Å². The monoisotopic (exact) mass is 369 g/mol. The first-order valence-electron chi connectivity index (χ1n) is 8.73. The molecule has 0 spiro atoms. The van der Waals surface area contributed by atoms with Crippen LogP contribution in [-0.2, 0) is 17.9 Å². The number of carbonyl (C=O) groups excluding carboxylic acids is 1. The molecule has 0 atom stereocenters. The molecule has 3 aromatic rings. The maximum atomic E-state index is 12.7. The molecule has 0 aliphatic rings. The summed E-state index contributed by atoms with van der Waals surface area (Å²) in [7, 11) is 0. The Morgan fingerprint density at radius 3 is 2.62 bits per heavy atom. The van der Waals surface area contributed by atoms with Crippen LogP contribution in [0.25, 0.3) is 11.0 Å². The highest BCUT2D eigenvalue weighted by atomic mass is 32.2. The summed E-state index contributed by atoms with van der Waals surface area (Å²) in [5, 5.41) is 10.2. The molecule has 3 rings (SSSR count). The zero-order valence-corrected chi connectivity index (χ0v) is 15.7. The molecule has 1 N–H and O–H groups in total. The van der Waals surface area contributed by atoms with Crippen molar-refractivity contribution in [2.75, 3.05) is 18.9 Å². The van der Waals surface area contributed by atoms with E-state index in [2.05, 4.69) is 16.5 Å². The number of nitrogens with zero attached hydrogens (tertiary/aromatic N) is 3. The van der Waals surface area contributed by atoms with Crippen LogP contribution in [0.15, 0.2) is 59.8 Å². The average molecular weight is 369 g/mol. The number of thioether (sulfide) groups is 1. The summed E-state index contributed by atoms with van der Waals surface area (Å²) in [6.07, 6.45) is 0. The Bertz CT molecular complexity index is 864. The van der Waals surface area contributed by atoms with Crippen molar-refractivity contribution in [3.05, 3.63) is 60.2 Å². The topological polar surface area (TPSA) is 58.4 Å². The van der Waals surface area contributed by atoms with Crippen LogP contribution in [0.5, 0.6) is 0 Å². The molecule has 0 unspecified atom stereocenters. The van der Waals surface area contributed by atoms with Crippen molar-refractivity contribution in [1.29, 1.82) is 0 Å². The van der Waals surface area contributed by atoms with Crippen molar-refractivity contribution in [1.82, 2.24) is 14.5 Å². The Kier molecular flexibility index (Phi) is 6.30. The molecule has 0 bridgehead atoms. The van der Waals surface area contributed by atoms with E-state index in [1.54, 1.807) is 4.90 Å². The SMILES string of the molecule is CCn1c(SCC(=O)N(CCO)Cc2ccccc2)nc2ccccc21. The van der Waals surface area contributed by atoms with Gasteiger partial charge in [0.1, 0.15) is 0 Å². The van der Waals surface area contributed by atoms with Crippen LogP contribution in [-0.4, -0.2) is 44.4 Å². The van der Waals surface area contributed by atoms with Crippen molar-refractivity contribution in [2.45, 2.75) is 25.2 Å². The van der Waals surface area contributed by atoms with Crippen LogP contribution in [0.1, 0.15) is 12.5 Å². The van der Waals surface area contributed by atoms with E-state index in [9.17, 15) is 9.90 Å². The fourth-order valence-electron chi connectivity index (χ4n) is 2.90. The lowest BCUT2D eigenvalue weighted by molar-refractivity contribution is -0.129. The molecule has 6 heteroatoms. The predicted molar refractivity (Wildman–Crippen MR) is 105 cm³/mol. The first-order chi connectivity index (χ1) is 12.7. The van der Waals surface area contributed by atoms with Gasteiger partial charge in [-0.05, 0) is 24.6 Å². The quantitative estimate of drug-likeness (QED) is 0.620. The van der Waals surface area contributed by atoms with Gasteiger partial charge in [0.25, 0.3) is 0 Å². The summed E-state index contributed by atoms with van der Waals surface area (Å²) in [4.78, 5) is 19.0. The molecule has 1 aromatic heterocycles. The summed E-state index contributed by atoms with van der Waals surface area (Å²) >= 11 is 1.45. The van der Waals surface area contributed by atoms with E-state index in [-0.39, 0.29) is 12.5 Å². The van der Waals surface area contributed by atoms with E-state index in [1.165, 1.54) is 11.8 Å². The number of amides is 1. The number of benzene rings is 2. The van der Waals surface area contributed by atoms with Crippen molar-refractivity contribution < 1.29 is 9.90 Å². The second-order valence-electron chi connectivity index (χ2n) is 5.94. The minimum atomic E-state index is -0.0449. The van der Waals surface area contributed by atoms with E-state index >= 15 is 0 Å². The second kappa shape index (κ2) is 8.87.